The lowest BCUT2D eigenvalue weighted by molar-refractivity contribution is 0.294. The molecule has 0 atom stereocenters. The van der Waals surface area contributed by atoms with Crippen LogP contribution in [0.1, 0.15) is 45.4 Å². The Morgan fingerprint density at radius 2 is 1.92 bits per heavy atom. The van der Waals surface area contributed by atoms with Crippen molar-refractivity contribution >= 4 is 15.9 Å². The summed E-state index contributed by atoms with van der Waals surface area (Å²) in [6.07, 6.45) is 10.8. The van der Waals surface area contributed by atoms with Crippen molar-refractivity contribution < 1.29 is 0 Å². The van der Waals surface area contributed by atoms with E-state index in [1.165, 1.54) is 38.5 Å². The molecule has 0 aromatic heterocycles. The van der Waals surface area contributed by atoms with E-state index in [4.69, 9.17) is 0 Å². The van der Waals surface area contributed by atoms with Crippen molar-refractivity contribution in [2.45, 2.75) is 45.4 Å². The summed E-state index contributed by atoms with van der Waals surface area (Å²) in [5.41, 5.74) is 0. The standard InChI is InChI=1S/C11H19Br/c1-2-3-10-4-6-11(7-5-10)8-9-12/h8-11H,2-7H2,1H3/b9-8+/t10-,11-. The molecule has 0 spiro atoms. The van der Waals surface area contributed by atoms with Crippen LogP contribution in [0.2, 0.25) is 0 Å². The molecule has 1 aliphatic carbocycles. The highest BCUT2D eigenvalue weighted by Gasteiger charge is 2.18. The van der Waals surface area contributed by atoms with E-state index in [0.29, 0.717) is 0 Å². The maximum absolute atomic E-state index is 3.35. The van der Waals surface area contributed by atoms with Crippen LogP contribution in [0.25, 0.3) is 0 Å². The van der Waals surface area contributed by atoms with Crippen LogP contribution in [0.3, 0.4) is 0 Å². The van der Waals surface area contributed by atoms with Gasteiger partial charge in [0.05, 0.1) is 0 Å². The van der Waals surface area contributed by atoms with Gasteiger partial charge in [0.2, 0.25) is 0 Å². The van der Waals surface area contributed by atoms with E-state index >= 15 is 0 Å². The maximum atomic E-state index is 3.35. The molecular weight excluding hydrogens is 212 g/mol. The average molecular weight is 231 g/mol. The lowest BCUT2D eigenvalue weighted by Crippen LogP contribution is -2.12. The first kappa shape index (κ1) is 10.3. The van der Waals surface area contributed by atoms with Gasteiger partial charge in [-0.25, -0.2) is 0 Å². The highest BCUT2D eigenvalue weighted by atomic mass is 79.9. The lowest BCUT2D eigenvalue weighted by atomic mass is 9.80. The third-order valence-corrected chi connectivity index (χ3v) is 3.24. The van der Waals surface area contributed by atoms with Crippen LogP contribution >= 0.6 is 15.9 Å². The molecule has 0 aliphatic heterocycles. The first-order valence-electron chi connectivity index (χ1n) is 5.13. The molecule has 0 nitrogen and oxygen atoms in total. The molecule has 1 heteroatoms. The third kappa shape index (κ3) is 3.30. The van der Waals surface area contributed by atoms with Crippen LogP contribution < -0.4 is 0 Å². The zero-order valence-corrected chi connectivity index (χ0v) is 9.52. The van der Waals surface area contributed by atoms with Gasteiger partial charge >= 0.3 is 0 Å². The summed E-state index contributed by atoms with van der Waals surface area (Å²) in [6.45, 7) is 2.30. The number of allylic oxidation sites excluding steroid dienone is 1. The fourth-order valence-corrected chi connectivity index (χ4v) is 2.61. The van der Waals surface area contributed by atoms with Gasteiger partial charge in [-0.15, -0.1) is 0 Å². The Kier molecular flexibility index (Phi) is 4.98. The molecular formula is C11H19Br. The number of halogens is 1. The van der Waals surface area contributed by atoms with Gasteiger partial charge in [-0.05, 0) is 42.5 Å². The molecule has 12 heavy (non-hydrogen) atoms. The molecule has 0 bridgehead atoms. The summed E-state index contributed by atoms with van der Waals surface area (Å²) in [5.74, 6) is 1.90. The SMILES string of the molecule is CCC[C@H]1CC[C@H](/C=C/Br)CC1. The van der Waals surface area contributed by atoms with Crippen molar-refractivity contribution in [2.24, 2.45) is 11.8 Å². The van der Waals surface area contributed by atoms with E-state index in [1.807, 2.05) is 4.99 Å². The van der Waals surface area contributed by atoms with Gasteiger partial charge in [-0.1, -0.05) is 41.8 Å². The smallest absolute Gasteiger partial charge is 0.0225 e. The van der Waals surface area contributed by atoms with Crippen molar-refractivity contribution in [1.29, 1.82) is 0 Å². The summed E-state index contributed by atoms with van der Waals surface area (Å²) >= 11 is 3.35. The first-order valence-corrected chi connectivity index (χ1v) is 6.05. The van der Waals surface area contributed by atoms with Gasteiger partial charge < -0.3 is 0 Å². The molecule has 0 N–H and O–H groups in total. The first-order chi connectivity index (χ1) is 5.86. The Balaban J connectivity index is 2.20. The van der Waals surface area contributed by atoms with Crippen molar-refractivity contribution in [2.75, 3.05) is 0 Å². The molecule has 0 saturated heterocycles. The largest absolute Gasteiger partial charge is 0.0745 e. The van der Waals surface area contributed by atoms with Crippen LogP contribution in [-0.2, 0) is 0 Å². The fourth-order valence-electron chi connectivity index (χ4n) is 2.18. The second-order valence-corrected chi connectivity index (χ2v) is 4.42. The average Bonchev–Trinajstić information content (AvgIpc) is 2.09. The van der Waals surface area contributed by atoms with Crippen molar-refractivity contribution in [3.8, 4) is 0 Å². The molecule has 0 unspecified atom stereocenters. The zero-order valence-electron chi connectivity index (χ0n) is 7.93. The number of hydrogen-bond donors (Lipinski definition) is 0. The van der Waals surface area contributed by atoms with Crippen molar-refractivity contribution in [3.05, 3.63) is 11.1 Å². The van der Waals surface area contributed by atoms with Gasteiger partial charge in [0.15, 0.2) is 0 Å². The zero-order chi connectivity index (χ0) is 8.81. The van der Waals surface area contributed by atoms with E-state index in [0.717, 1.165) is 11.8 Å². The fraction of sp³-hybridized carbons (Fsp3) is 0.818. The summed E-state index contributed by atoms with van der Waals surface area (Å²) in [4.78, 5) is 2.03. The van der Waals surface area contributed by atoms with Crippen LogP contribution in [0.4, 0.5) is 0 Å². The Morgan fingerprint density at radius 3 is 2.42 bits per heavy atom. The van der Waals surface area contributed by atoms with Crippen LogP contribution in [0, 0.1) is 11.8 Å². The van der Waals surface area contributed by atoms with Crippen molar-refractivity contribution in [1.82, 2.24) is 0 Å². The van der Waals surface area contributed by atoms with E-state index in [2.05, 4.69) is 28.9 Å². The van der Waals surface area contributed by atoms with Crippen LogP contribution in [0.15, 0.2) is 11.1 Å². The minimum Gasteiger partial charge on any atom is -0.0745 e. The number of hydrogen-bond acceptors (Lipinski definition) is 0. The predicted molar refractivity (Wildman–Crippen MR) is 58.4 cm³/mol. The molecule has 1 rings (SSSR count). The molecule has 1 fully saturated rings. The Bertz CT molecular complexity index is 132. The summed E-state index contributed by atoms with van der Waals surface area (Å²) < 4.78 is 0. The summed E-state index contributed by atoms with van der Waals surface area (Å²) in [7, 11) is 0. The molecule has 0 aromatic carbocycles. The highest BCUT2D eigenvalue weighted by molar-refractivity contribution is 9.11. The monoisotopic (exact) mass is 230 g/mol. The second kappa shape index (κ2) is 5.80. The number of rotatable bonds is 3. The molecule has 0 aromatic rings. The Morgan fingerprint density at radius 1 is 1.25 bits per heavy atom. The van der Waals surface area contributed by atoms with E-state index in [9.17, 15) is 0 Å². The lowest BCUT2D eigenvalue weighted by Gasteiger charge is -2.26. The molecule has 0 heterocycles. The molecule has 70 valence electrons. The second-order valence-electron chi connectivity index (χ2n) is 3.89. The van der Waals surface area contributed by atoms with Gasteiger partial charge in [0.25, 0.3) is 0 Å². The minimum atomic E-state index is 0.859. The van der Waals surface area contributed by atoms with Gasteiger partial charge in [-0.3, -0.25) is 0 Å². The quantitative estimate of drug-likeness (QED) is 0.670. The van der Waals surface area contributed by atoms with E-state index in [-0.39, 0.29) is 0 Å². The normalized spacial score (nSPS) is 31.2. The summed E-state index contributed by atoms with van der Waals surface area (Å²) in [6, 6.07) is 0. The Labute approximate surface area is 84.6 Å². The highest BCUT2D eigenvalue weighted by Crippen LogP contribution is 2.32. The van der Waals surface area contributed by atoms with Gasteiger partial charge in [0.1, 0.15) is 0 Å². The van der Waals surface area contributed by atoms with Crippen molar-refractivity contribution in [3.63, 3.8) is 0 Å². The van der Waals surface area contributed by atoms with Gasteiger partial charge in [0, 0.05) is 0 Å². The topological polar surface area (TPSA) is 0 Å². The predicted octanol–water partition coefficient (Wildman–Crippen LogP) is 4.50. The molecule has 1 saturated carbocycles. The van der Waals surface area contributed by atoms with Gasteiger partial charge in [-0.2, -0.15) is 0 Å². The van der Waals surface area contributed by atoms with E-state index in [1.54, 1.807) is 0 Å². The minimum absolute atomic E-state index is 0.859. The third-order valence-electron chi connectivity index (χ3n) is 2.93. The summed E-state index contributed by atoms with van der Waals surface area (Å²) in [5, 5.41) is 0. The molecule has 0 amide bonds. The van der Waals surface area contributed by atoms with E-state index < -0.39 is 0 Å². The molecule has 1 aliphatic rings. The van der Waals surface area contributed by atoms with Crippen LogP contribution in [-0.4, -0.2) is 0 Å². The molecule has 0 radical (unpaired) electrons. The Hall–Kier alpha value is 0.220. The van der Waals surface area contributed by atoms with Crippen LogP contribution in [0.5, 0.6) is 0 Å². The maximum Gasteiger partial charge on any atom is -0.0225 e.